The number of benzene rings is 1. The highest BCUT2D eigenvalue weighted by molar-refractivity contribution is 6.01. The van der Waals surface area contributed by atoms with Crippen molar-refractivity contribution in [3.8, 4) is 0 Å². The quantitative estimate of drug-likeness (QED) is 0.796. The Morgan fingerprint density at radius 2 is 2.10 bits per heavy atom. The first-order chi connectivity index (χ1) is 9.90. The third kappa shape index (κ3) is 3.72. The van der Waals surface area contributed by atoms with Gasteiger partial charge in [0.2, 0.25) is 0 Å². The SMILES string of the molecule is Cc1ccc(C)c(C(=O)C(C)N(C)C2CCCN(C)C2)c1. The van der Waals surface area contributed by atoms with Gasteiger partial charge in [-0.15, -0.1) is 0 Å². The van der Waals surface area contributed by atoms with E-state index < -0.39 is 0 Å². The molecule has 1 fully saturated rings. The Morgan fingerprint density at radius 1 is 1.38 bits per heavy atom. The third-order valence-electron chi connectivity index (χ3n) is 4.82. The van der Waals surface area contributed by atoms with Gasteiger partial charge in [-0.3, -0.25) is 9.69 Å². The Kier molecular flexibility index (Phi) is 5.17. The van der Waals surface area contributed by atoms with Crippen molar-refractivity contribution in [3.05, 3.63) is 34.9 Å². The van der Waals surface area contributed by atoms with Gasteiger partial charge >= 0.3 is 0 Å². The van der Waals surface area contributed by atoms with Crippen LogP contribution >= 0.6 is 0 Å². The summed E-state index contributed by atoms with van der Waals surface area (Å²) >= 11 is 0. The van der Waals surface area contributed by atoms with E-state index >= 15 is 0 Å². The first kappa shape index (κ1) is 16.2. The molecule has 116 valence electrons. The summed E-state index contributed by atoms with van der Waals surface area (Å²) < 4.78 is 0. The molecule has 2 rings (SSSR count). The number of carbonyl (C=O) groups is 1. The average molecular weight is 288 g/mol. The molecule has 2 unspecified atom stereocenters. The average Bonchev–Trinajstić information content (AvgIpc) is 2.47. The van der Waals surface area contributed by atoms with Crippen LogP contribution in [0.3, 0.4) is 0 Å². The number of likely N-dealkylation sites (tertiary alicyclic amines) is 1. The van der Waals surface area contributed by atoms with Gasteiger partial charge in [-0.1, -0.05) is 17.7 Å². The van der Waals surface area contributed by atoms with Crippen molar-refractivity contribution in [2.75, 3.05) is 27.2 Å². The van der Waals surface area contributed by atoms with Crippen molar-refractivity contribution >= 4 is 5.78 Å². The summed E-state index contributed by atoms with van der Waals surface area (Å²) in [5, 5.41) is 0. The number of hydrogen-bond acceptors (Lipinski definition) is 3. The van der Waals surface area contributed by atoms with E-state index in [-0.39, 0.29) is 11.8 Å². The molecule has 1 saturated heterocycles. The fourth-order valence-electron chi connectivity index (χ4n) is 3.20. The maximum atomic E-state index is 12.8. The van der Waals surface area contributed by atoms with E-state index in [4.69, 9.17) is 0 Å². The van der Waals surface area contributed by atoms with Crippen LogP contribution in [-0.4, -0.2) is 54.9 Å². The molecule has 1 aliphatic heterocycles. The van der Waals surface area contributed by atoms with Crippen molar-refractivity contribution in [2.24, 2.45) is 0 Å². The fraction of sp³-hybridized carbons (Fsp3) is 0.611. The van der Waals surface area contributed by atoms with Gasteiger partial charge in [0.05, 0.1) is 6.04 Å². The maximum Gasteiger partial charge on any atom is 0.179 e. The molecule has 21 heavy (non-hydrogen) atoms. The number of piperidine rings is 1. The molecular weight excluding hydrogens is 260 g/mol. The molecule has 2 atom stereocenters. The second-order valence-corrected chi connectivity index (χ2v) is 6.58. The summed E-state index contributed by atoms with van der Waals surface area (Å²) in [5.41, 5.74) is 3.10. The maximum absolute atomic E-state index is 12.8. The molecule has 0 aromatic heterocycles. The lowest BCUT2D eigenvalue weighted by molar-refractivity contribution is 0.0708. The normalized spacial score (nSPS) is 21.5. The second kappa shape index (κ2) is 6.71. The summed E-state index contributed by atoms with van der Waals surface area (Å²) in [6.45, 7) is 8.33. The summed E-state index contributed by atoms with van der Waals surface area (Å²) in [4.78, 5) is 17.5. The topological polar surface area (TPSA) is 23.6 Å². The van der Waals surface area contributed by atoms with Gasteiger partial charge in [0.1, 0.15) is 0 Å². The van der Waals surface area contributed by atoms with Crippen molar-refractivity contribution in [3.63, 3.8) is 0 Å². The Balaban J connectivity index is 2.12. The lowest BCUT2D eigenvalue weighted by Gasteiger charge is -2.38. The van der Waals surface area contributed by atoms with Crippen LogP contribution in [-0.2, 0) is 0 Å². The molecule has 3 nitrogen and oxygen atoms in total. The van der Waals surface area contributed by atoms with Crippen molar-refractivity contribution in [1.82, 2.24) is 9.80 Å². The van der Waals surface area contributed by atoms with Crippen LogP contribution in [0.5, 0.6) is 0 Å². The highest BCUT2D eigenvalue weighted by Gasteiger charge is 2.28. The van der Waals surface area contributed by atoms with Crippen LogP contribution in [0, 0.1) is 13.8 Å². The van der Waals surface area contributed by atoms with Crippen molar-refractivity contribution in [2.45, 2.75) is 45.7 Å². The van der Waals surface area contributed by atoms with E-state index in [0.717, 1.165) is 23.2 Å². The standard InChI is InChI=1S/C18H28N2O/c1-13-8-9-14(2)17(11-13)18(21)15(3)20(5)16-7-6-10-19(4)12-16/h8-9,11,15-16H,6-7,10,12H2,1-5H3. The molecule has 0 bridgehead atoms. The van der Waals surface area contributed by atoms with Crippen molar-refractivity contribution in [1.29, 1.82) is 0 Å². The first-order valence-electron chi connectivity index (χ1n) is 7.92. The predicted octanol–water partition coefficient (Wildman–Crippen LogP) is 2.90. The van der Waals surface area contributed by atoms with Gasteiger partial charge in [0.25, 0.3) is 0 Å². The number of Topliss-reactive ketones (excluding diaryl/α,β-unsaturated/α-hetero) is 1. The van der Waals surface area contributed by atoms with E-state index in [2.05, 4.69) is 30.0 Å². The van der Waals surface area contributed by atoms with Crippen LogP contribution in [0.15, 0.2) is 18.2 Å². The van der Waals surface area contributed by atoms with Gasteiger partial charge in [0.15, 0.2) is 5.78 Å². The molecule has 1 aromatic rings. The molecule has 0 aliphatic carbocycles. The molecule has 0 spiro atoms. The predicted molar refractivity (Wildman–Crippen MR) is 88.0 cm³/mol. The zero-order chi connectivity index (χ0) is 15.6. The second-order valence-electron chi connectivity index (χ2n) is 6.58. The molecule has 0 N–H and O–H groups in total. The number of nitrogens with zero attached hydrogens (tertiary/aromatic N) is 2. The lowest BCUT2D eigenvalue weighted by atomic mass is 9.96. The minimum absolute atomic E-state index is 0.0676. The third-order valence-corrected chi connectivity index (χ3v) is 4.82. The number of hydrogen-bond donors (Lipinski definition) is 0. The van der Waals surface area contributed by atoms with E-state index in [1.54, 1.807) is 0 Å². The summed E-state index contributed by atoms with van der Waals surface area (Å²) in [7, 11) is 4.26. The van der Waals surface area contributed by atoms with E-state index in [0.29, 0.717) is 6.04 Å². The highest BCUT2D eigenvalue weighted by Crippen LogP contribution is 2.20. The van der Waals surface area contributed by atoms with Gasteiger partial charge in [-0.05, 0) is 65.9 Å². The summed E-state index contributed by atoms with van der Waals surface area (Å²) in [6, 6.07) is 6.55. The Bertz CT molecular complexity index is 512. The molecule has 1 aliphatic rings. The van der Waals surface area contributed by atoms with Crippen LogP contribution in [0.25, 0.3) is 0 Å². The Hall–Kier alpha value is -1.19. The van der Waals surface area contributed by atoms with Gasteiger partial charge in [-0.25, -0.2) is 0 Å². The van der Waals surface area contributed by atoms with Gasteiger partial charge < -0.3 is 4.90 Å². The van der Waals surface area contributed by atoms with Crippen LogP contribution in [0.4, 0.5) is 0 Å². The van der Waals surface area contributed by atoms with Crippen LogP contribution in [0.1, 0.15) is 41.3 Å². The minimum atomic E-state index is -0.0676. The number of carbonyl (C=O) groups excluding carboxylic acids is 1. The number of ketones is 1. The smallest absolute Gasteiger partial charge is 0.179 e. The zero-order valence-corrected chi connectivity index (χ0v) is 14.0. The summed E-state index contributed by atoms with van der Waals surface area (Å²) in [5.74, 6) is 0.243. The first-order valence-corrected chi connectivity index (χ1v) is 7.92. The minimum Gasteiger partial charge on any atom is -0.305 e. The molecule has 3 heteroatoms. The Labute approximate surface area is 128 Å². The molecule has 0 radical (unpaired) electrons. The number of likely N-dealkylation sites (N-methyl/N-ethyl adjacent to an activating group) is 2. The van der Waals surface area contributed by atoms with Gasteiger partial charge in [0, 0.05) is 18.2 Å². The van der Waals surface area contributed by atoms with E-state index in [1.807, 2.05) is 32.9 Å². The molecule has 1 aromatic carbocycles. The van der Waals surface area contributed by atoms with Gasteiger partial charge in [-0.2, -0.15) is 0 Å². The molecule has 0 saturated carbocycles. The zero-order valence-electron chi connectivity index (χ0n) is 14.0. The number of aryl methyl sites for hydroxylation is 2. The molecule has 0 amide bonds. The highest BCUT2D eigenvalue weighted by atomic mass is 16.1. The Morgan fingerprint density at radius 3 is 2.76 bits per heavy atom. The monoisotopic (exact) mass is 288 g/mol. The molecular formula is C18H28N2O. The van der Waals surface area contributed by atoms with Crippen LogP contribution < -0.4 is 0 Å². The van der Waals surface area contributed by atoms with E-state index in [9.17, 15) is 4.79 Å². The van der Waals surface area contributed by atoms with E-state index in [1.165, 1.54) is 19.4 Å². The lowest BCUT2D eigenvalue weighted by Crippen LogP contribution is -2.50. The van der Waals surface area contributed by atoms with Crippen LogP contribution in [0.2, 0.25) is 0 Å². The summed E-state index contributed by atoms with van der Waals surface area (Å²) in [6.07, 6.45) is 2.40. The molecule has 1 heterocycles. The largest absolute Gasteiger partial charge is 0.305 e. The fourth-order valence-corrected chi connectivity index (χ4v) is 3.20. The number of rotatable bonds is 4. The van der Waals surface area contributed by atoms with Crippen molar-refractivity contribution < 1.29 is 4.79 Å².